The Morgan fingerprint density at radius 3 is 2.47 bits per heavy atom. The maximum absolute atomic E-state index is 11.7. The van der Waals surface area contributed by atoms with Crippen molar-refractivity contribution in [2.24, 2.45) is 11.1 Å². The fourth-order valence-electron chi connectivity index (χ4n) is 2.89. The molecule has 3 N–H and O–H groups in total. The van der Waals surface area contributed by atoms with Crippen LogP contribution in [0.2, 0.25) is 0 Å². The van der Waals surface area contributed by atoms with Crippen LogP contribution >= 0.6 is 0 Å². The highest BCUT2D eigenvalue weighted by Crippen LogP contribution is 2.48. The Morgan fingerprint density at radius 1 is 1.47 bits per heavy atom. The molecule has 0 aromatic carbocycles. The van der Waals surface area contributed by atoms with Gasteiger partial charge in [-0.15, -0.1) is 0 Å². The van der Waals surface area contributed by atoms with Crippen LogP contribution in [0.25, 0.3) is 0 Å². The molecule has 0 aromatic rings. The smallest absolute Gasteiger partial charge is 0.236 e. The zero-order valence-electron chi connectivity index (χ0n) is 11.5. The van der Waals surface area contributed by atoms with Gasteiger partial charge in [-0.1, -0.05) is 13.8 Å². The van der Waals surface area contributed by atoms with E-state index in [0.717, 1.165) is 25.9 Å². The molecule has 100 valence electrons. The second-order valence-electron chi connectivity index (χ2n) is 4.97. The topological polar surface area (TPSA) is 64.3 Å². The van der Waals surface area contributed by atoms with Crippen molar-refractivity contribution in [1.29, 1.82) is 0 Å². The minimum atomic E-state index is -0.437. The largest absolute Gasteiger partial charge is 0.378 e. The summed E-state index contributed by atoms with van der Waals surface area (Å²) in [5.74, 6) is -0.0591. The van der Waals surface area contributed by atoms with Crippen molar-refractivity contribution in [3.05, 3.63) is 0 Å². The van der Waals surface area contributed by atoms with Gasteiger partial charge in [0.15, 0.2) is 0 Å². The van der Waals surface area contributed by atoms with Crippen molar-refractivity contribution >= 4 is 5.91 Å². The van der Waals surface area contributed by atoms with Crippen LogP contribution in [0.3, 0.4) is 0 Å². The highest BCUT2D eigenvalue weighted by atomic mass is 16.5. The monoisotopic (exact) mass is 242 g/mol. The van der Waals surface area contributed by atoms with Gasteiger partial charge in [0, 0.05) is 18.1 Å². The van der Waals surface area contributed by atoms with Gasteiger partial charge in [-0.05, 0) is 33.1 Å². The lowest BCUT2D eigenvalue weighted by Crippen LogP contribution is -2.65. The molecule has 0 saturated heterocycles. The molecule has 4 nitrogen and oxygen atoms in total. The predicted octanol–water partition coefficient (Wildman–Crippen LogP) is 1.43. The summed E-state index contributed by atoms with van der Waals surface area (Å²) in [7, 11) is 0. The lowest BCUT2D eigenvalue weighted by atomic mass is 9.58. The Hall–Kier alpha value is -0.610. The fraction of sp³-hybridized carbons (Fsp3) is 0.923. The molecule has 0 aliphatic heterocycles. The molecule has 1 aliphatic rings. The van der Waals surface area contributed by atoms with Crippen LogP contribution in [-0.4, -0.2) is 30.7 Å². The van der Waals surface area contributed by atoms with Gasteiger partial charge in [0.25, 0.3) is 0 Å². The van der Waals surface area contributed by atoms with E-state index in [0.29, 0.717) is 0 Å². The zero-order chi connectivity index (χ0) is 13.1. The van der Waals surface area contributed by atoms with Crippen LogP contribution < -0.4 is 11.1 Å². The fourth-order valence-corrected chi connectivity index (χ4v) is 2.89. The minimum absolute atomic E-state index is 0.0591. The lowest BCUT2D eigenvalue weighted by Gasteiger charge is -2.55. The molecule has 2 unspecified atom stereocenters. The molecule has 1 amide bonds. The summed E-state index contributed by atoms with van der Waals surface area (Å²) in [5.41, 5.74) is 5.68. The number of hydrogen-bond acceptors (Lipinski definition) is 3. The summed E-state index contributed by atoms with van der Waals surface area (Å²) < 4.78 is 5.77. The van der Waals surface area contributed by atoms with E-state index in [9.17, 15) is 4.79 Å². The lowest BCUT2D eigenvalue weighted by molar-refractivity contribution is -0.149. The van der Waals surface area contributed by atoms with Crippen LogP contribution in [0.4, 0.5) is 0 Å². The van der Waals surface area contributed by atoms with Gasteiger partial charge in [0.2, 0.25) is 5.91 Å². The minimum Gasteiger partial charge on any atom is -0.378 e. The predicted molar refractivity (Wildman–Crippen MR) is 68.6 cm³/mol. The van der Waals surface area contributed by atoms with Gasteiger partial charge < -0.3 is 15.8 Å². The molecule has 1 saturated carbocycles. The quantitative estimate of drug-likeness (QED) is 0.740. The summed E-state index contributed by atoms with van der Waals surface area (Å²) in [6.07, 6.45) is 3.24. The van der Waals surface area contributed by atoms with E-state index < -0.39 is 6.04 Å². The molecule has 4 heteroatoms. The first-order chi connectivity index (χ1) is 8.01. The van der Waals surface area contributed by atoms with Gasteiger partial charge in [-0.25, -0.2) is 0 Å². The van der Waals surface area contributed by atoms with Gasteiger partial charge in [0.05, 0.1) is 12.1 Å². The molecular weight excluding hydrogens is 216 g/mol. The van der Waals surface area contributed by atoms with E-state index in [1.54, 1.807) is 6.92 Å². The Balaban J connectivity index is 2.66. The number of hydrogen-bond donors (Lipinski definition) is 2. The summed E-state index contributed by atoms with van der Waals surface area (Å²) in [6, 6.07) is -0.222. The molecule has 1 rings (SSSR count). The third kappa shape index (κ3) is 2.63. The summed E-state index contributed by atoms with van der Waals surface area (Å²) in [6.45, 7) is 8.80. The zero-order valence-corrected chi connectivity index (χ0v) is 11.5. The van der Waals surface area contributed by atoms with Crippen molar-refractivity contribution in [2.45, 2.75) is 65.1 Å². The molecule has 0 spiro atoms. The van der Waals surface area contributed by atoms with E-state index in [1.807, 2.05) is 6.92 Å². The molecule has 1 fully saturated rings. The summed E-state index contributed by atoms with van der Waals surface area (Å²) in [4.78, 5) is 11.7. The Morgan fingerprint density at radius 2 is 2.06 bits per heavy atom. The summed E-state index contributed by atoms with van der Waals surface area (Å²) in [5, 5.41) is 3.05. The van der Waals surface area contributed by atoms with Crippen LogP contribution in [-0.2, 0) is 9.53 Å². The first kappa shape index (κ1) is 14.5. The van der Waals surface area contributed by atoms with Gasteiger partial charge in [-0.3, -0.25) is 4.79 Å². The Kier molecular flexibility index (Phi) is 4.95. The van der Waals surface area contributed by atoms with Crippen molar-refractivity contribution in [3.8, 4) is 0 Å². The van der Waals surface area contributed by atoms with Crippen LogP contribution in [0.5, 0.6) is 0 Å². The normalized spacial score (nSPS) is 28.3. The maximum Gasteiger partial charge on any atom is 0.236 e. The molecule has 0 aromatic heterocycles. The van der Waals surface area contributed by atoms with Crippen LogP contribution in [0, 0.1) is 5.41 Å². The first-order valence-corrected chi connectivity index (χ1v) is 6.69. The molecule has 17 heavy (non-hydrogen) atoms. The Labute approximate surface area is 104 Å². The first-order valence-electron chi connectivity index (χ1n) is 6.69. The van der Waals surface area contributed by atoms with Gasteiger partial charge >= 0.3 is 0 Å². The van der Waals surface area contributed by atoms with Crippen LogP contribution in [0.1, 0.15) is 47.0 Å². The second-order valence-corrected chi connectivity index (χ2v) is 4.97. The van der Waals surface area contributed by atoms with Crippen molar-refractivity contribution in [3.63, 3.8) is 0 Å². The number of nitrogens with one attached hydrogen (secondary N) is 1. The number of carbonyl (C=O) groups is 1. The molecule has 0 radical (unpaired) electrons. The highest BCUT2D eigenvalue weighted by Gasteiger charge is 2.53. The molecule has 1 aliphatic carbocycles. The third-order valence-electron chi connectivity index (χ3n) is 4.20. The molecule has 0 bridgehead atoms. The second kappa shape index (κ2) is 5.83. The van der Waals surface area contributed by atoms with E-state index in [2.05, 4.69) is 19.2 Å². The number of ether oxygens (including phenoxy) is 1. The van der Waals surface area contributed by atoms with Crippen molar-refractivity contribution in [2.75, 3.05) is 6.61 Å². The molecular formula is C13H26N2O2. The van der Waals surface area contributed by atoms with E-state index in [-0.39, 0.29) is 23.5 Å². The van der Waals surface area contributed by atoms with Crippen LogP contribution in [0.15, 0.2) is 0 Å². The van der Waals surface area contributed by atoms with E-state index in [4.69, 9.17) is 10.5 Å². The number of rotatable bonds is 6. The number of nitrogens with two attached hydrogens (primary N) is 1. The van der Waals surface area contributed by atoms with Crippen molar-refractivity contribution < 1.29 is 9.53 Å². The number of amides is 1. The highest BCUT2D eigenvalue weighted by molar-refractivity contribution is 5.81. The molecule has 3 atom stereocenters. The maximum atomic E-state index is 11.7. The number of carbonyl (C=O) groups excluding carboxylic acids is 1. The third-order valence-corrected chi connectivity index (χ3v) is 4.20. The average Bonchev–Trinajstić information content (AvgIpc) is 2.29. The standard InChI is InChI=1S/C13H26N2O2/c1-5-13(6-2)10(8-11(13)17-7-3)15-12(16)9(4)14/h9-11H,5-8,14H2,1-4H3,(H,15,16)/t9-,10?,11?/m0/s1. The van der Waals surface area contributed by atoms with E-state index in [1.165, 1.54) is 0 Å². The average molecular weight is 242 g/mol. The molecule has 0 heterocycles. The van der Waals surface area contributed by atoms with Gasteiger partial charge in [-0.2, -0.15) is 0 Å². The SMILES string of the molecule is CCOC1CC(NC(=O)[C@H](C)N)C1(CC)CC. The van der Waals surface area contributed by atoms with E-state index >= 15 is 0 Å². The van der Waals surface area contributed by atoms with Crippen molar-refractivity contribution in [1.82, 2.24) is 5.32 Å². The van der Waals surface area contributed by atoms with Gasteiger partial charge in [0.1, 0.15) is 0 Å². The summed E-state index contributed by atoms with van der Waals surface area (Å²) >= 11 is 0. The Bertz CT molecular complexity index is 262.